The average Bonchev–Trinajstić information content (AvgIpc) is 2.83. The van der Waals surface area contributed by atoms with Crippen LogP contribution in [0, 0.1) is 17.3 Å². The largest absolute Gasteiger partial charge is 0.460 e. The predicted molar refractivity (Wildman–Crippen MR) is 82.2 cm³/mol. The molecular formula is C15H22Cl2O4. The van der Waals surface area contributed by atoms with Crippen molar-refractivity contribution in [2.45, 2.75) is 45.1 Å². The summed E-state index contributed by atoms with van der Waals surface area (Å²) in [5.41, 5.74) is -0.737. The van der Waals surface area contributed by atoms with Crippen LogP contribution in [0.4, 0.5) is 0 Å². The van der Waals surface area contributed by atoms with Gasteiger partial charge in [0.2, 0.25) is 0 Å². The molecule has 0 aromatic carbocycles. The summed E-state index contributed by atoms with van der Waals surface area (Å²) < 4.78 is 10.2. The number of esters is 2. The van der Waals surface area contributed by atoms with Gasteiger partial charge in [0, 0.05) is 6.08 Å². The number of hydrogen-bond acceptors (Lipinski definition) is 4. The lowest BCUT2D eigenvalue weighted by Gasteiger charge is -2.19. The van der Waals surface area contributed by atoms with Gasteiger partial charge in [0.25, 0.3) is 0 Å². The van der Waals surface area contributed by atoms with Crippen molar-refractivity contribution in [1.82, 2.24) is 0 Å². The Morgan fingerprint density at radius 3 is 2.33 bits per heavy atom. The molecule has 0 radical (unpaired) electrons. The van der Waals surface area contributed by atoms with Crippen LogP contribution in [-0.4, -0.2) is 29.0 Å². The van der Waals surface area contributed by atoms with E-state index >= 15 is 0 Å². The lowest BCUT2D eigenvalue weighted by Crippen LogP contribution is -2.26. The van der Waals surface area contributed by atoms with Crippen molar-refractivity contribution >= 4 is 35.1 Å². The highest BCUT2D eigenvalue weighted by Gasteiger charge is 2.61. The van der Waals surface area contributed by atoms with Gasteiger partial charge in [-0.05, 0) is 32.1 Å². The van der Waals surface area contributed by atoms with Gasteiger partial charge in [-0.3, -0.25) is 4.79 Å². The van der Waals surface area contributed by atoms with Crippen molar-refractivity contribution < 1.29 is 19.1 Å². The second-order valence-corrected chi connectivity index (χ2v) is 8.02. The maximum absolute atomic E-state index is 12.1. The van der Waals surface area contributed by atoms with E-state index in [1.54, 1.807) is 6.08 Å². The first-order chi connectivity index (χ1) is 9.45. The molecule has 0 unspecified atom stereocenters. The molecule has 2 atom stereocenters. The fourth-order valence-electron chi connectivity index (χ4n) is 2.23. The van der Waals surface area contributed by atoms with Gasteiger partial charge < -0.3 is 9.47 Å². The van der Waals surface area contributed by atoms with Crippen LogP contribution in [0.1, 0.15) is 34.6 Å². The van der Waals surface area contributed by atoms with E-state index in [4.69, 9.17) is 32.7 Å². The monoisotopic (exact) mass is 336 g/mol. The van der Waals surface area contributed by atoms with Crippen molar-refractivity contribution in [3.63, 3.8) is 0 Å². The maximum atomic E-state index is 12.1. The van der Waals surface area contributed by atoms with Crippen LogP contribution < -0.4 is 0 Å². The van der Waals surface area contributed by atoms with E-state index in [9.17, 15) is 9.59 Å². The molecule has 1 rings (SSSR count). The Hall–Kier alpha value is -0.740. The van der Waals surface area contributed by atoms with Crippen molar-refractivity contribution in [3.8, 4) is 0 Å². The Kier molecular flexibility index (Phi) is 5.73. The van der Waals surface area contributed by atoms with Gasteiger partial charge in [0.15, 0.2) is 0 Å². The molecule has 0 amide bonds. The molecule has 0 saturated heterocycles. The highest BCUT2D eigenvalue weighted by atomic mass is 35.5. The van der Waals surface area contributed by atoms with E-state index < -0.39 is 16.4 Å². The van der Waals surface area contributed by atoms with Gasteiger partial charge in [0.05, 0.1) is 5.92 Å². The first-order valence-corrected chi connectivity index (χ1v) is 7.68. The summed E-state index contributed by atoms with van der Waals surface area (Å²) in [6.07, 6.45) is 3.00. The Balaban J connectivity index is 2.56. The van der Waals surface area contributed by atoms with E-state index in [1.807, 2.05) is 34.6 Å². The normalized spacial score (nSPS) is 24.2. The molecule has 1 saturated carbocycles. The van der Waals surface area contributed by atoms with Crippen LogP contribution >= 0.6 is 23.2 Å². The van der Waals surface area contributed by atoms with Crippen molar-refractivity contribution in [2.75, 3.05) is 6.61 Å². The second-order valence-electron chi connectivity index (χ2n) is 6.74. The van der Waals surface area contributed by atoms with E-state index in [-0.39, 0.29) is 29.8 Å². The zero-order valence-corrected chi connectivity index (χ0v) is 14.5. The van der Waals surface area contributed by atoms with E-state index in [2.05, 4.69) is 0 Å². The first-order valence-electron chi connectivity index (χ1n) is 6.81. The van der Waals surface area contributed by atoms with E-state index in [0.29, 0.717) is 0 Å². The Morgan fingerprint density at radius 1 is 1.29 bits per heavy atom. The summed E-state index contributed by atoms with van der Waals surface area (Å²) in [7, 11) is 0. The lowest BCUT2D eigenvalue weighted by atomic mass is 10.1. The zero-order chi connectivity index (χ0) is 16.4. The molecule has 0 aliphatic heterocycles. The fraction of sp³-hybridized carbons (Fsp3) is 0.733. The number of carbonyl (C=O) groups is 2. The lowest BCUT2D eigenvalue weighted by molar-refractivity contribution is -0.157. The van der Waals surface area contributed by atoms with Crippen molar-refractivity contribution in [3.05, 3.63) is 12.2 Å². The van der Waals surface area contributed by atoms with Gasteiger partial charge in [-0.1, -0.05) is 19.9 Å². The molecule has 0 spiro atoms. The molecule has 21 heavy (non-hydrogen) atoms. The topological polar surface area (TPSA) is 52.6 Å². The predicted octanol–water partition coefficient (Wildman–Crippen LogP) is 3.50. The highest BCUT2D eigenvalue weighted by molar-refractivity contribution is 6.44. The molecule has 0 aromatic heterocycles. The third kappa shape index (κ3) is 5.51. The third-order valence-corrected chi connectivity index (χ3v) is 3.61. The summed E-state index contributed by atoms with van der Waals surface area (Å²) in [4.78, 5) is 22.8. The molecular weight excluding hydrogens is 315 g/mol. The fourth-order valence-corrected chi connectivity index (χ4v) is 2.35. The quantitative estimate of drug-likeness (QED) is 0.438. The van der Waals surface area contributed by atoms with Crippen LogP contribution in [0.3, 0.4) is 0 Å². The molecule has 0 aromatic rings. The average molecular weight is 337 g/mol. The smallest absolute Gasteiger partial charge is 0.330 e. The minimum Gasteiger partial charge on any atom is -0.460 e. The highest BCUT2D eigenvalue weighted by Crippen LogP contribution is 2.59. The molecule has 1 aliphatic rings. The standard InChI is InChI=1S/C15H22Cl2O4/c1-14(2,3)21-13(19)12-9(15(12,4)5)6-7-11(18)20-8-10(16)17/h6-7,9-10,12H,8H2,1-5H3/t9-,12-/m0/s1. The van der Waals surface area contributed by atoms with Crippen LogP contribution in [0.15, 0.2) is 12.2 Å². The summed E-state index contributed by atoms with van der Waals surface area (Å²) in [6, 6.07) is 0. The maximum Gasteiger partial charge on any atom is 0.330 e. The Bertz CT molecular complexity index is 435. The molecule has 1 aliphatic carbocycles. The van der Waals surface area contributed by atoms with Crippen LogP contribution in [0.2, 0.25) is 0 Å². The van der Waals surface area contributed by atoms with Crippen molar-refractivity contribution in [1.29, 1.82) is 0 Å². The third-order valence-electron chi connectivity index (χ3n) is 3.36. The minimum atomic E-state index is -0.741. The Morgan fingerprint density at radius 2 is 1.86 bits per heavy atom. The molecule has 120 valence electrons. The molecule has 0 bridgehead atoms. The number of rotatable bonds is 5. The van der Waals surface area contributed by atoms with Gasteiger partial charge in [-0.2, -0.15) is 0 Å². The van der Waals surface area contributed by atoms with Gasteiger partial charge in [-0.15, -0.1) is 23.2 Å². The Labute approximate surface area is 135 Å². The number of hydrogen-bond donors (Lipinski definition) is 0. The first kappa shape index (κ1) is 18.3. The van der Waals surface area contributed by atoms with E-state index in [1.165, 1.54) is 6.08 Å². The van der Waals surface area contributed by atoms with E-state index in [0.717, 1.165) is 0 Å². The molecule has 4 nitrogen and oxygen atoms in total. The number of alkyl halides is 2. The van der Waals surface area contributed by atoms with Gasteiger partial charge >= 0.3 is 11.9 Å². The summed E-state index contributed by atoms with van der Waals surface area (Å²) in [5, 5.41) is 0. The molecule has 1 fully saturated rings. The van der Waals surface area contributed by atoms with Crippen LogP contribution in [0.25, 0.3) is 0 Å². The number of halogens is 2. The molecule has 0 heterocycles. The molecule has 6 heteroatoms. The number of carbonyl (C=O) groups excluding carboxylic acids is 2. The van der Waals surface area contributed by atoms with Crippen LogP contribution in [-0.2, 0) is 19.1 Å². The van der Waals surface area contributed by atoms with Gasteiger partial charge in [0.1, 0.15) is 17.0 Å². The summed E-state index contributed by atoms with van der Waals surface area (Å²) in [6.45, 7) is 9.37. The van der Waals surface area contributed by atoms with Crippen molar-refractivity contribution in [2.24, 2.45) is 17.3 Å². The SMILES string of the molecule is CC(C)(C)OC(=O)[C@@H]1[C@H](C=CC(=O)OCC(Cl)Cl)C1(C)C. The second kappa shape index (κ2) is 6.57. The zero-order valence-electron chi connectivity index (χ0n) is 13.0. The number of ether oxygens (including phenoxy) is 2. The minimum absolute atomic E-state index is 0.0392. The summed E-state index contributed by atoms with van der Waals surface area (Å²) in [5.74, 6) is -1.04. The number of allylic oxidation sites excluding steroid dienone is 1. The molecule has 0 N–H and O–H groups in total. The van der Waals surface area contributed by atoms with Crippen LogP contribution in [0.5, 0.6) is 0 Å². The summed E-state index contributed by atoms with van der Waals surface area (Å²) >= 11 is 10.9. The van der Waals surface area contributed by atoms with Gasteiger partial charge in [-0.25, -0.2) is 4.79 Å².